The Morgan fingerprint density at radius 3 is 2.47 bits per heavy atom. The fourth-order valence-electron chi connectivity index (χ4n) is 3.05. The van der Waals surface area contributed by atoms with Crippen LogP contribution in [0.15, 0.2) is 36.4 Å². The first-order valence-electron chi connectivity index (χ1n) is 9.61. The lowest BCUT2D eigenvalue weighted by molar-refractivity contribution is -0.133. The maximum atomic E-state index is 12.7. The molecule has 0 saturated carbocycles. The van der Waals surface area contributed by atoms with Crippen LogP contribution in [0, 0.1) is 0 Å². The van der Waals surface area contributed by atoms with Crippen molar-refractivity contribution in [2.24, 2.45) is 0 Å². The number of rotatable bonds is 8. The number of carbonyl (C=O) groups excluding carboxylic acids is 2. The molecule has 0 unspecified atom stereocenters. The number of nitrogens with zero attached hydrogens (tertiary/aromatic N) is 1. The molecule has 1 amide bonds. The maximum Gasteiger partial charge on any atom is 0.337 e. The second kappa shape index (κ2) is 9.87. The van der Waals surface area contributed by atoms with Gasteiger partial charge >= 0.3 is 5.97 Å². The number of fused-ring (bicyclic) bond motifs is 1. The van der Waals surface area contributed by atoms with Crippen molar-refractivity contribution in [3.8, 4) is 23.0 Å². The Hall–Kier alpha value is -3.42. The minimum atomic E-state index is -0.479. The zero-order valence-electron chi connectivity index (χ0n) is 17.3. The van der Waals surface area contributed by atoms with Gasteiger partial charge in [-0.2, -0.15) is 0 Å². The molecule has 0 radical (unpaired) electrons. The largest absolute Gasteiger partial charge is 0.493 e. The second-order valence-corrected chi connectivity index (χ2v) is 6.53. The summed E-state index contributed by atoms with van der Waals surface area (Å²) in [5.74, 6) is 1.47. The van der Waals surface area contributed by atoms with Gasteiger partial charge in [-0.3, -0.25) is 4.79 Å². The molecule has 0 aromatic heterocycles. The van der Waals surface area contributed by atoms with Crippen LogP contribution in [-0.4, -0.2) is 57.4 Å². The number of ether oxygens (including phenoxy) is 5. The highest BCUT2D eigenvalue weighted by Crippen LogP contribution is 2.31. The highest BCUT2D eigenvalue weighted by Gasteiger charge is 2.18. The Labute approximate surface area is 175 Å². The van der Waals surface area contributed by atoms with Gasteiger partial charge in [-0.05, 0) is 42.8 Å². The van der Waals surface area contributed by atoms with Crippen LogP contribution < -0.4 is 18.9 Å². The average molecular weight is 415 g/mol. The van der Waals surface area contributed by atoms with Crippen molar-refractivity contribution < 1.29 is 33.3 Å². The van der Waals surface area contributed by atoms with Crippen LogP contribution in [0.25, 0.3) is 0 Å². The molecule has 1 heterocycles. The summed E-state index contributed by atoms with van der Waals surface area (Å²) in [6, 6.07) is 10.3. The Morgan fingerprint density at radius 2 is 1.77 bits per heavy atom. The Kier molecular flexibility index (Phi) is 7.00. The number of amides is 1. The van der Waals surface area contributed by atoms with Gasteiger partial charge in [-0.15, -0.1) is 0 Å². The molecule has 2 aromatic rings. The van der Waals surface area contributed by atoms with E-state index in [1.54, 1.807) is 17.0 Å². The molecule has 0 spiro atoms. The summed E-state index contributed by atoms with van der Waals surface area (Å²) in [6.45, 7) is 3.74. The van der Waals surface area contributed by atoms with E-state index in [2.05, 4.69) is 0 Å². The monoisotopic (exact) mass is 415 g/mol. The van der Waals surface area contributed by atoms with Crippen LogP contribution >= 0.6 is 0 Å². The van der Waals surface area contributed by atoms with E-state index >= 15 is 0 Å². The van der Waals surface area contributed by atoms with Crippen LogP contribution in [0.3, 0.4) is 0 Å². The fourth-order valence-corrected chi connectivity index (χ4v) is 3.05. The van der Waals surface area contributed by atoms with Gasteiger partial charge in [0.1, 0.15) is 13.2 Å². The molecule has 8 nitrogen and oxygen atoms in total. The molecule has 2 aromatic carbocycles. The number of likely N-dealkylation sites (N-methyl/N-ethyl adjacent to an activating group) is 1. The number of hydrogen-bond acceptors (Lipinski definition) is 7. The summed E-state index contributed by atoms with van der Waals surface area (Å²) in [7, 11) is 2.77. The van der Waals surface area contributed by atoms with Crippen molar-refractivity contribution in [2.75, 3.05) is 40.6 Å². The molecule has 30 heavy (non-hydrogen) atoms. The first kappa shape index (κ1) is 21.3. The lowest BCUT2D eigenvalue weighted by atomic mass is 10.1. The lowest BCUT2D eigenvalue weighted by Gasteiger charge is -2.23. The lowest BCUT2D eigenvalue weighted by Crippen LogP contribution is -2.34. The predicted octanol–water partition coefficient (Wildman–Crippen LogP) is 2.68. The number of esters is 1. The average Bonchev–Trinajstić information content (AvgIpc) is 2.80. The molecule has 0 atom stereocenters. The van der Waals surface area contributed by atoms with Crippen molar-refractivity contribution in [3.63, 3.8) is 0 Å². The summed E-state index contributed by atoms with van der Waals surface area (Å²) in [5, 5.41) is 0. The molecule has 0 aliphatic carbocycles. The van der Waals surface area contributed by atoms with E-state index in [-0.39, 0.29) is 12.5 Å². The van der Waals surface area contributed by atoms with E-state index in [0.29, 0.717) is 54.9 Å². The van der Waals surface area contributed by atoms with E-state index in [1.165, 1.54) is 20.3 Å². The van der Waals surface area contributed by atoms with Crippen molar-refractivity contribution >= 4 is 11.9 Å². The Morgan fingerprint density at radius 1 is 1.00 bits per heavy atom. The van der Waals surface area contributed by atoms with Gasteiger partial charge in [0.2, 0.25) is 0 Å². The van der Waals surface area contributed by atoms with Crippen LogP contribution in [0.2, 0.25) is 0 Å². The van der Waals surface area contributed by atoms with Crippen molar-refractivity contribution in [2.45, 2.75) is 13.5 Å². The molecular weight excluding hydrogens is 390 g/mol. The zero-order chi connectivity index (χ0) is 21.5. The van der Waals surface area contributed by atoms with E-state index < -0.39 is 5.97 Å². The molecule has 8 heteroatoms. The Balaban J connectivity index is 1.63. The van der Waals surface area contributed by atoms with Gasteiger partial charge in [0.05, 0.1) is 19.8 Å². The number of methoxy groups -OCH3 is 2. The molecule has 1 aliphatic heterocycles. The highest BCUT2D eigenvalue weighted by molar-refractivity contribution is 5.90. The summed E-state index contributed by atoms with van der Waals surface area (Å²) >= 11 is 0. The third-order valence-corrected chi connectivity index (χ3v) is 4.65. The smallest absolute Gasteiger partial charge is 0.337 e. The fraction of sp³-hybridized carbons (Fsp3) is 0.364. The van der Waals surface area contributed by atoms with Gasteiger partial charge in [-0.25, -0.2) is 4.79 Å². The topological polar surface area (TPSA) is 83.5 Å². The van der Waals surface area contributed by atoms with Crippen LogP contribution in [0.5, 0.6) is 23.0 Å². The van der Waals surface area contributed by atoms with E-state index in [0.717, 1.165) is 5.56 Å². The second-order valence-electron chi connectivity index (χ2n) is 6.53. The summed E-state index contributed by atoms with van der Waals surface area (Å²) < 4.78 is 26.8. The summed E-state index contributed by atoms with van der Waals surface area (Å²) in [4.78, 5) is 26.0. The highest BCUT2D eigenvalue weighted by atomic mass is 16.6. The van der Waals surface area contributed by atoms with Crippen molar-refractivity contribution in [1.82, 2.24) is 4.90 Å². The van der Waals surface area contributed by atoms with Crippen LogP contribution in [0.1, 0.15) is 22.8 Å². The standard InChI is InChI=1S/C22H25NO7/c1-4-23(13-15-5-7-18-20(11-15)29-10-9-28-18)21(24)14-30-17-8-6-16(22(25)27-3)12-19(17)26-2/h5-8,11-12H,4,9-10,13-14H2,1-3H3. The number of hydrogen-bond donors (Lipinski definition) is 0. The zero-order valence-corrected chi connectivity index (χ0v) is 17.3. The third kappa shape index (κ3) is 4.94. The van der Waals surface area contributed by atoms with Crippen molar-refractivity contribution in [1.29, 1.82) is 0 Å². The molecule has 0 fully saturated rings. The molecular formula is C22H25NO7. The first-order valence-corrected chi connectivity index (χ1v) is 9.61. The van der Waals surface area contributed by atoms with Crippen molar-refractivity contribution in [3.05, 3.63) is 47.5 Å². The normalized spacial score (nSPS) is 12.1. The molecule has 0 saturated heterocycles. The molecule has 3 rings (SSSR count). The minimum Gasteiger partial charge on any atom is -0.493 e. The molecule has 160 valence electrons. The number of carbonyl (C=O) groups is 2. The van der Waals surface area contributed by atoms with Gasteiger partial charge < -0.3 is 28.6 Å². The van der Waals surface area contributed by atoms with Crippen LogP contribution in [-0.2, 0) is 16.1 Å². The molecule has 0 N–H and O–H groups in total. The third-order valence-electron chi connectivity index (χ3n) is 4.65. The van der Waals surface area contributed by atoms with Gasteiger partial charge in [0.15, 0.2) is 29.6 Å². The maximum absolute atomic E-state index is 12.7. The van der Waals surface area contributed by atoms with Gasteiger partial charge in [0, 0.05) is 13.1 Å². The SMILES string of the molecule is CCN(Cc1ccc2c(c1)OCCO2)C(=O)COc1ccc(C(=O)OC)cc1OC. The quantitative estimate of drug-likeness (QED) is 0.613. The summed E-state index contributed by atoms with van der Waals surface area (Å²) in [6.07, 6.45) is 0. The number of benzene rings is 2. The summed E-state index contributed by atoms with van der Waals surface area (Å²) in [5.41, 5.74) is 1.27. The van der Waals surface area contributed by atoms with Gasteiger partial charge in [-0.1, -0.05) is 6.07 Å². The predicted molar refractivity (Wildman–Crippen MR) is 108 cm³/mol. The van der Waals surface area contributed by atoms with E-state index in [9.17, 15) is 9.59 Å². The first-order chi connectivity index (χ1) is 14.5. The Bertz CT molecular complexity index is 912. The van der Waals surface area contributed by atoms with E-state index in [4.69, 9.17) is 23.7 Å². The van der Waals surface area contributed by atoms with Gasteiger partial charge in [0.25, 0.3) is 5.91 Å². The molecule has 1 aliphatic rings. The minimum absolute atomic E-state index is 0.160. The van der Waals surface area contributed by atoms with E-state index in [1.807, 2.05) is 25.1 Å². The van der Waals surface area contributed by atoms with Crippen LogP contribution in [0.4, 0.5) is 0 Å². The molecule has 0 bridgehead atoms.